The van der Waals surface area contributed by atoms with Gasteiger partial charge in [0, 0.05) is 40.8 Å². The number of halogens is 1. The predicted octanol–water partition coefficient (Wildman–Crippen LogP) is 1.63. The summed E-state index contributed by atoms with van der Waals surface area (Å²) in [5, 5.41) is 30.1. The van der Waals surface area contributed by atoms with Gasteiger partial charge in [-0.1, -0.05) is 23.7 Å². The first-order chi connectivity index (χ1) is 35.0. The minimum Gasteiger partial charge on any atom is -0.379 e. The first-order valence-corrected chi connectivity index (χ1v) is 27.3. The number of anilines is 1. The number of thiophene rings is 1. The van der Waals surface area contributed by atoms with E-state index in [0.717, 1.165) is 49.9 Å². The summed E-state index contributed by atoms with van der Waals surface area (Å²) < 4.78 is 36.5. The number of aromatic nitrogens is 7. The number of aliphatic imine (C=N–C) groups is 1. The van der Waals surface area contributed by atoms with Crippen LogP contribution >= 0.6 is 42.9 Å². The van der Waals surface area contributed by atoms with Crippen molar-refractivity contribution in [3.8, 4) is 5.00 Å². The molecule has 396 valence electrons. The van der Waals surface area contributed by atoms with Crippen LogP contribution in [0.1, 0.15) is 71.7 Å². The quantitative estimate of drug-likeness (QED) is 0.0262. The molecule has 2 fully saturated rings. The monoisotopic (exact) mass is 1090 g/mol. The molecular formula is C44H58ClN12O13PS2. The van der Waals surface area contributed by atoms with Crippen molar-refractivity contribution in [3.05, 3.63) is 72.9 Å². The molecule has 4 aromatic heterocycles. The van der Waals surface area contributed by atoms with Gasteiger partial charge in [-0.15, -0.1) is 21.5 Å². The van der Waals surface area contributed by atoms with Gasteiger partial charge >= 0.3 is 195 Å². The second kappa shape index (κ2) is 24.1. The number of nitrogens with zero attached hydrogens (tertiary/aromatic N) is 7. The van der Waals surface area contributed by atoms with E-state index in [1.807, 2.05) is 35.8 Å². The van der Waals surface area contributed by atoms with E-state index in [-0.39, 0.29) is 53.5 Å². The third-order valence-corrected chi connectivity index (χ3v) is 15.5. The van der Waals surface area contributed by atoms with Gasteiger partial charge in [0.05, 0.1) is 38.6 Å². The van der Waals surface area contributed by atoms with Crippen molar-refractivity contribution < 1.29 is 57.3 Å². The molecule has 0 saturated carbocycles. The Morgan fingerprint density at radius 3 is 2.40 bits per heavy atom. The number of ether oxygens (including phenoxy) is 4. The van der Waals surface area contributed by atoms with Gasteiger partial charge in [0.1, 0.15) is 16.9 Å². The first-order valence-electron chi connectivity index (χ1n) is 23.4. The topological polar surface area (TPSA) is 336 Å². The summed E-state index contributed by atoms with van der Waals surface area (Å²) in [6, 6.07) is 5.93. The second-order valence-corrected chi connectivity index (χ2v) is 21.5. The summed E-state index contributed by atoms with van der Waals surface area (Å²) in [7, 11) is -4.51. The summed E-state index contributed by atoms with van der Waals surface area (Å²) in [6.45, 7) is 9.77. The van der Waals surface area contributed by atoms with Gasteiger partial charge in [0.25, 0.3) is 0 Å². The molecule has 0 bridgehead atoms. The minimum atomic E-state index is -4.51. The molecule has 0 aliphatic carbocycles. The molecule has 3 aliphatic rings. The molecule has 3 amide bonds. The molecular weight excluding hydrogens is 1040 g/mol. The van der Waals surface area contributed by atoms with Gasteiger partial charge in [-0.2, -0.15) is 0 Å². The normalized spacial score (nSPS) is 20.9. The molecule has 0 radical (unpaired) electrons. The molecule has 6 atom stereocenters. The van der Waals surface area contributed by atoms with Crippen LogP contribution in [0.2, 0.25) is 5.02 Å². The van der Waals surface area contributed by atoms with Crippen molar-refractivity contribution in [3.63, 3.8) is 0 Å². The van der Waals surface area contributed by atoms with Gasteiger partial charge in [0.15, 0.2) is 5.82 Å². The molecule has 8 rings (SSSR count). The van der Waals surface area contributed by atoms with Crippen LogP contribution in [0.4, 0.5) is 5.95 Å². The molecule has 73 heavy (non-hydrogen) atoms. The maximum atomic E-state index is 13.3. The smallest absolute Gasteiger partial charge is 0.379 e. The number of thioether (sulfide) groups is 1. The van der Waals surface area contributed by atoms with Crippen molar-refractivity contribution in [1.29, 1.82) is 0 Å². The molecule has 7 heterocycles. The Morgan fingerprint density at radius 1 is 1.01 bits per heavy atom. The number of carbonyl (C=O) groups is 3. The Hall–Kier alpha value is -5.00. The van der Waals surface area contributed by atoms with Crippen LogP contribution in [0.5, 0.6) is 0 Å². The molecule has 0 spiro atoms. The van der Waals surface area contributed by atoms with E-state index in [0.29, 0.717) is 69.9 Å². The number of benzene rings is 1. The van der Waals surface area contributed by atoms with Crippen molar-refractivity contribution >= 4 is 83.4 Å². The Labute approximate surface area is 431 Å². The molecule has 4 unspecified atom stereocenters. The van der Waals surface area contributed by atoms with Crippen LogP contribution in [0.3, 0.4) is 0 Å². The Balaban J connectivity index is 0.711. The number of hydrogen-bond acceptors (Lipinski definition) is 21. The van der Waals surface area contributed by atoms with Crippen molar-refractivity contribution in [2.45, 2.75) is 88.7 Å². The fourth-order valence-electron chi connectivity index (χ4n) is 8.35. The van der Waals surface area contributed by atoms with Gasteiger partial charge in [-0.25, -0.2) is 0 Å². The Bertz CT molecular complexity index is 2880. The number of carbonyl (C=O) groups excluding carboxylic acids is 3. The SMILES string of the molecule is CC(=O)N[C@@H](CSc1nc2c(=O)[nH]c(N)nc2n1C1OC2CO[PH](O)(O)OC2C1O)C(=O)NCCCOCCOCCOCCCNC(=O)C[C@@H]1N=C(c2ccc(Cl)cc2)c2c(sc(C)c2C)-n2c(C)nnc21. The van der Waals surface area contributed by atoms with Gasteiger partial charge < -0.3 is 19.5 Å². The first kappa shape index (κ1) is 54.3. The summed E-state index contributed by atoms with van der Waals surface area (Å²) in [5.41, 5.74) is 8.76. The summed E-state index contributed by atoms with van der Waals surface area (Å²) >= 11 is 8.85. The third kappa shape index (κ3) is 12.9. The molecule has 5 aromatic rings. The van der Waals surface area contributed by atoms with Crippen molar-refractivity contribution in [2.75, 3.05) is 70.8 Å². The van der Waals surface area contributed by atoms with E-state index in [1.165, 1.54) is 11.5 Å². The zero-order valence-corrected chi connectivity index (χ0v) is 43.7. The van der Waals surface area contributed by atoms with Crippen molar-refractivity contribution in [1.82, 2.24) is 50.2 Å². The van der Waals surface area contributed by atoms with Crippen molar-refractivity contribution in [2.24, 2.45) is 4.99 Å². The predicted molar refractivity (Wildman–Crippen MR) is 270 cm³/mol. The average molecular weight is 1090 g/mol. The van der Waals surface area contributed by atoms with Crippen LogP contribution in [-0.2, 0) is 42.4 Å². The number of hydrogen-bond donors (Lipinski definition) is 8. The molecule has 3 aliphatic heterocycles. The fourth-order valence-corrected chi connectivity index (χ4v) is 11.8. The summed E-state index contributed by atoms with van der Waals surface area (Å²) in [6.07, 6.45) is -3.72. The van der Waals surface area contributed by atoms with Crippen LogP contribution in [0.15, 0.2) is 39.2 Å². The number of nitrogen functional groups attached to an aromatic ring is 1. The standard InChI is InChI=1S/C44H58ClN12O13PS2/c1-22-23(2)73-42-32(22)33(26-7-9-27(45)10-8-26)50-28(37-55-54-24(3)56(37)42)19-31(59)47-11-5-13-65-15-17-67-18-16-66-14-6-12-48-39(61)29(49-25(4)58)21-72-44-51-34-38(52-43(46)53-40(34)62)57(44)41-35(60)36-30(69-41)20-68-71(63,64)70-36/h7-10,28-30,35-36,41,60,63-64,71H,5-6,11-21H2,1-4H3,(H,47,59)(H,48,61)(H,49,58)(H3,46,52,53,62)/t28-,29-,30?,35?,36?,41?/m0/s1. The number of aliphatic hydroxyl groups is 1. The zero-order chi connectivity index (χ0) is 52.0. The number of aliphatic hydroxyl groups excluding tert-OH is 1. The molecule has 1 aromatic carbocycles. The number of aryl methyl sites for hydroxylation is 2. The van der Waals surface area contributed by atoms with E-state index in [9.17, 15) is 34.1 Å². The fraction of sp³-hybridized carbons (Fsp3) is 0.523. The van der Waals surface area contributed by atoms with E-state index in [2.05, 4.69) is 54.9 Å². The number of rotatable bonds is 23. The molecule has 25 nitrogen and oxygen atoms in total. The van der Waals surface area contributed by atoms with E-state index in [4.69, 9.17) is 50.3 Å². The minimum absolute atomic E-state index is 0.0483. The van der Waals surface area contributed by atoms with Gasteiger partial charge in [0.2, 0.25) is 5.91 Å². The number of aromatic amines is 1. The van der Waals surface area contributed by atoms with Crippen LogP contribution < -0.4 is 27.2 Å². The van der Waals surface area contributed by atoms with Gasteiger partial charge in [-0.3, -0.25) is 14.4 Å². The summed E-state index contributed by atoms with van der Waals surface area (Å²) in [5.74, 6) is -0.102. The van der Waals surface area contributed by atoms with Crippen LogP contribution in [-0.4, -0.2) is 162 Å². The van der Waals surface area contributed by atoms with E-state index in [1.54, 1.807) is 11.3 Å². The van der Waals surface area contributed by atoms with E-state index < -0.39 is 62.2 Å². The third-order valence-electron chi connectivity index (χ3n) is 11.9. The number of nitrogens with one attached hydrogen (secondary N) is 4. The molecule has 9 N–H and O–H groups in total. The zero-order valence-electron chi connectivity index (χ0n) is 40.3. The molecule has 29 heteroatoms. The summed E-state index contributed by atoms with van der Waals surface area (Å²) in [4.78, 5) is 88.7. The van der Waals surface area contributed by atoms with Crippen LogP contribution in [0.25, 0.3) is 16.2 Å². The number of H-pyrrole nitrogens is 1. The number of fused-ring (bicyclic) bond motifs is 5. The second-order valence-electron chi connectivity index (χ2n) is 17.2. The maximum absolute atomic E-state index is 13.3. The molecule has 2 saturated heterocycles. The van der Waals surface area contributed by atoms with Gasteiger partial charge in [-0.05, 0) is 51.3 Å². The van der Waals surface area contributed by atoms with Crippen LogP contribution in [0, 0.1) is 20.8 Å². The Morgan fingerprint density at radius 2 is 1.70 bits per heavy atom. The Kier molecular flexibility index (Phi) is 17.9. The number of imidazole rings is 1. The number of nitrogens with two attached hydrogens (primary N) is 1. The van der Waals surface area contributed by atoms with E-state index >= 15 is 0 Å². The average Bonchev–Trinajstić information content (AvgIpc) is 4.06. The number of amides is 3.